The second kappa shape index (κ2) is 6.35. The van der Waals surface area contributed by atoms with Crippen molar-refractivity contribution in [3.05, 3.63) is 23.8 Å². The zero-order chi connectivity index (χ0) is 12.0. The normalized spacial score (nSPS) is 12.2. The molecule has 0 aliphatic carbocycles. The number of aliphatic hydroxyl groups is 1. The largest absolute Gasteiger partial charge is 0.493 e. The zero-order valence-corrected chi connectivity index (χ0v) is 9.77. The second-order valence-electron chi connectivity index (χ2n) is 3.74. The molecule has 0 radical (unpaired) electrons. The quantitative estimate of drug-likeness (QED) is 0.760. The highest BCUT2D eigenvalue weighted by molar-refractivity contribution is 5.42. The van der Waals surface area contributed by atoms with Gasteiger partial charge in [-0.1, -0.05) is 6.07 Å². The van der Waals surface area contributed by atoms with Crippen LogP contribution in [0.5, 0.6) is 11.5 Å². The van der Waals surface area contributed by atoms with Gasteiger partial charge in [0.15, 0.2) is 11.5 Å². The van der Waals surface area contributed by atoms with Gasteiger partial charge in [-0.25, -0.2) is 0 Å². The smallest absolute Gasteiger partial charge is 0.161 e. The van der Waals surface area contributed by atoms with Crippen LogP contribution in [0.2, 0.25) is 0 Å². The van der Waals surface area contributed by atoms with Crippen molar-refractivity contribution in [1.29, 1.82) is 0 Å². The number of methoxy groups -OCH3 is 1. The molecule has 90 valence electrons. The van der Waals surface area contributed by atoms with Crippen molar-refractivity contribution in [2.24, 2.45) is 5.73 Å². The summed E-state index contributed by atoms with van der Waals surface area (Å²) in [5.41, 5.74) is 6.84. The SMILES string of the molecule is COc1cc(C)ccc1OCC(N)CCO. The van der Waals surface area contributed by atoms with Gasteiger partial charge in [-0.15, -0.1) is 0 Å². The average molecular weight is 225 g/mol. The number of hydrogen-bond donors (Lipinski definition) is 2. The highest BCUT2D eigenvalue weighted by Gasteiger charge is 2.07. The van der Waals surface area contributed by atoms with E-state index in [1.54, 1.807) is 7.11 Å². The van der Waals surface area contributed by atoms with Crippen LogP contribution < -0.4 is 15.2 Å². The molecule has 0 saturated carbocycles. The van der Waals surface area contributed by atoms with Gasteiger partial charge < -0.3 is 20.3 Å². The minimum atomic E-state index is -0.156. The van der Waals surface area contributed by atoms with Gasteiger partial charge in [-0.3, -0.25) is 0 Å². The van der Waals surface area contributed by atoms with Gasteiger partial charge in [0, 0.05) is 12.6 Å². The summed E-state index contributed by atoms with van der Waals surface area (Å²) in [7, 11) is 1.61. The monoisotopic (exact) mass is 225 g/mol. The zero-order valence-electron chi connectivity index (χ0n) is 9.77. The molecule has 4 heteroatoms. The molecule has 0 bridgehead atoms. The third-order valence-electron chi connectivity index (χ3n) is 2.27. The van der Waals surface area contributed by atoms with Crippen LogP contribution in [0.1, 0.15) is 12.0 Å². The first-order valence-electron chi connectivity index (χ1n) is 5.31. The summed E-state index contributed by atoms with van der Waals surface area (Å²) < 4.78 is 10.7. The molecule has 1 aromatic carbocycles. The van der Waals surface area contributed by atoms with Gasteiger partial charge in [0.1, 0.15) is 6.61 Å². The fraction of sp³-hybridized carbons (Fsp3) is 0.500. The molecular weight excluding hydrogens is 206 g/mol. The first kappa shape index (κ1) is 12.8. The summed E-state index contributed by atoms with van der Waals surface area (Å²) in [4.78, 5) is 0. The molecule has 16 heavy (non-hydrogen) atoms. The maximum atomic E-state index is 8.71. The highest BCUT2D eigenvalue weighted by Crippen LogP contribution is 2.27. The Morgan fingerprint density at radius 1 is 1.38 bits per heavy atom. The van der Waals surface area contributed by atoms with Crippen LogP contribution in [-0.4, -0.2) is 31.5 Å². The fourth-order valence-corrected chi connectivity index (χ4v) is 1.34. The van der Waals surface area contributed by atoms with Crippen LogP contribution in [0.25, 0.3) is 0 Å². The Labute approximate surface area is 96.0 Å². The van der Waals surface area contributed by atoms with E-state index < -0.39 is 0 Å². The second-order valence-corrected chi connectivity index (χ2v) is 3.74. The summed E-state index contributed by atoms with van der Waals surface area (Å²) in [6.45, 7) is 2.44. The molecule has 1 aromatic rings. The summed E-state index contributed by atoms with van der Waals surface area (Å²) in [5.74, 6) is 1.39. The van der Waals surface area contributed by atoms with E-state index in [1.165, 1.54) is 0 Å². The van der Waals surface area contributed by atoms with Crippen molar-refractivity contribution in [3.8, 4) is 11.5 Å². The Bertz CT molecular complexity index is 328. The van der Waals surface area contributed by atoms with E-state index in [-0.39, 0.29) is 12.6 Å². The number of ether oxygens (including phenoxy) is 2. The molecule has 0 aliphatic rings. The van der Waals surface area contributed by atoms with Gasteiger partial charge in [-0.05, 0) is 31.0 Å². The van der Waals surface area contributed by atoms with Crippen LogP contribution >= 0.6 is 0 Å². The molecule has 0 spiro atoms. The molecule has 0 aliphatic heterocycles. The maximum Gasteiger partial charge on any atom is 0.161 e. The molecule has 0 amide bonds. The number of hydrogen-bond acceptors (Lipinski definition) is 4. The predicted octanol–water partition coefficient (Wildman–Crippen LogP) is 1.09. The van der Waals surface area contributed by atoms with E-state index >= 15 is 0 Å². The van der Waals surface area contributed by atoms with Crippen molar-refractivity contribution in [3.63, 3.8) is 0 Å². The van der Waals surface area contributed by atoms with Crippen LogP contribution in [0.4, 0.5) is 0 Å². The van der Waals surface area contributed by atoms with E-state index in [9.17, 15) is 0 Å². The topological polar surface area (TPSA) is 64.7 Å². The Kier molecular flexibility index (Phi) is 5.08. The minimum absolute atomic E-state index is 0.0789. The van der Waals surface area contributed by atoms with Crippen LogP contribution in [0, 0.1) is 6.92 Å². The Balaban J connectivity index is 2.59. The van der Waals surface area contributed by atoms with Crippen molar-refractivity contribution in [2.75, 3.05) is 20.3 Å². The Hall–Kier alpha value is -1.26. The Morgan fingerprint density at radius 3 is 2.75 bits per heavy atom. The number of nitrogens with two attached hydrogens (primary N) is 1. The summed E-state index contributed by atoms with van der Waals surface area (Å²) >= 11 is 0. The van der Waals surface area contributed by atoms with E-state index in [0.29, 0.717) is 24.5 Å². The van der Waals surface area contributed by atoms with Gasteiger partial charge in [0.05, 0.1) is 7.11 Å². The van der Waals surface area contributed by atoms with Gasteiger partial charge in [0.2, 0.25) is 0 Å². The molecule has 1 unspecified atom stereocenters. The van der Waals surface area contributed by atoms with E-state index in [2.05, 4.69) is 0 Å². The molecule has 1 rings (SSSR count). The van der Waals surface area contributed by atoms with E-state index in [1.807, 2.05) is 25.1 Å². The first-order valence-corrected chi connectivity index (χ1v) is 5.31. The molecule has 0 saturated heterocycles. The summed E-state index contributed by atoms with van der Waals surface area (Å²) in [5, 5.41) is 8.71. The molecule has 3 N–H and O–H groups in total. The van der Waals surface area contributed by atoms with Crippen LogP contribution in [-0.2, 0) is 0 Å². The molecule has 0 aromatic heterocycles. The fourth-order valence-electron chi connectivity index (χ4n) is 1.34. The molecular formula is C12H19NO3. The lowest BCUT2D eigenvalue weighted by Gasteiger charge is -2.14. The molecule has 1 atom stereocenters. The minimum Gasteiger partial charge on any atom is -0.493 e. The average Bonchev–Trinajstić information content (AvgIpc) is 2.27. The Morgan fingerprint density at radius 2 is 2.12 bits per heavy atom. The first-order chi connectivity index (χ1) is 7.67. The van der Waals surface area contributed by atoms with Crippen LogP contribution in [0.3, 0.4) is 0 Å². The van der Waals surface area contributed by atoms with Gasteiger partial charge in [-0.2, -0.15) is 0 Å². The van der Waals surface area contributed by atoms with E-state index in [4.69, 9.17) is 20.3 Å². The third-order valence-corrected chi connectivity index (χ3v) is 2.27. The lowest BCUT2D eigenvalue weighted by atomic mass is 10.2. The lowest BCUT2D eigenvalue weighted by Crippen LogP contribution is -2.28. The highest BCUT2D eigenvalue weighted by atomic mass is 16.5. The van der Waals surface area contributed by atoms with Crippen molar-refractivity contribution in [2.45, 2.75) is 19.4 Å². The number of benzene rings is 1. The van der Waals surface area contributed by atoms with Crippen molar-refractivity contribution < 1.29 is 14.6 Å². The summed E-state index contributed by atoms with van der Waals surface area (Å²) in [6.07, 6.45) is 0.536. The van der Waals surface area contributed by atoms with Gasteiger partial charge in [0.25, 0.3) is 0 Å². The standard InChI is InChI=1S/C12H19NO3/c1-9-3-4-11(12(7-9)15-2)16-8-10(13)5-6-14/h3-4,7,10,14H,5-6,8,13H2,1-2H3. The van der Waals surface area contributed by atoms with Crippen LogP contribution in [0.15, 0.2) is 18.2 Å². The number of rotatable bonds is 6. The molecule has 0 fully saturated rings. The van der Waals surface area contributed by atoms with E-state index in [0.717, 1.165) is 5.56 Å². The lowest BCUT2D eigenvalue weighted by molar-refractivity contribution is 0.228. The molecule has 0 heterocycles. The maximum absolute atomic E-state index is 8.71. The number of aliphatic hydroxyl groups excluding tert-OH is 1. The van der Waals surface area contributed by atoms with Gasteiger partial charge >= 0.3 is 0 Å². The third kappa shape index (κ3) is 3.72. The summed E-state index contributed by atoms with van der Waals surface area (Å²) in [6, 6.07) is 5.57. The van der Waals surface area contributed by atoms with Crippen molar-refractivity contribution >= 4 is 0 Å². The van der Waals surface area contributed by atoms with Crippen molar-refractivity contribution in [1.82, 2.24) is 0 Å². The number of aryl methyl sites for hydroxylation is 1. The molecule has 4 nitrogen and oxygen atoms in total. The predicted molar refractivity (Wildman–Crippen MR) is 62.9 cm³/mol.